The Morgan fingerprint density at radius 2 is 1.83 bits per heavy atom. The number of carbonyl (C=O) groups is 1. The van der Waals surface area contributed by atoms with Gasteiger partial charge in [-0.2, -0.15) is 0 Å². The van der Waals surface area contributed by atoms with E-state index >= 15 is 0 Å². The van der Waals surface area contributed by atoms with Gasteiger partial charge in [-0.25, -0.2) is 4.79 Å². The van der Waals surface area contributed by atoms with Crippen LogP contribution in [0, 0.1) is 5.92 Å². The molecule has 2 aliphatic rings. The van der Waals surface area contributed by atoms with E-state index < -0.39 is 0 Å². The van der Waals surface area contributed by atoms with E-state index in [-0.39, 0.29) is 12.1 Å². The zero-order chi connectivity index (χ0) is 16.8. The molecule has 1 aromatic rings. The predicted octanol–water partition coefficient (Wildman–Crippen LogP) is 4.00. The van der Waals surface area contributed by atoms with Crippen LogP contribution in [0.4, 0.5) is 4.79 Å². The van der Waals surface area contributed by atoms with Gasteiger partial charge in [0, 0.05) is 18.1 Å². The van der Waals surface area contributed by atoms with Gasteiger partial charge in [-0.15, -0.1) is 0 Å². The molecular formula is C20H30N2O2. The van der Waals surface area contributed by atoms with Gasteiger partial charge >= 0.3 is 6.09 Å². The van der Waals surface area contributed by atoms with Crippen LogP contribution in [-0.4, -0.2) is 24.2 Å². The Bertz CT molecular complexity index is 514. The number of alkyl carbamates (subject to hydrolysis) is 1. The van der Waals surface area contributed by atoms with E-state index in [2.05, 4.69) is 17.6 Å². The van der Waals surface area contributed by atoms with Crippen molar-refractivity contribution >= 4 is 6.09 Å². The van der Waals surface area contributed by atoms with Crippen LogP contribution in [0.25, 0.3) is 0 Å². The predicted molar refractivity (Wildman–Crippen MR) is 95.7 cm³/mol. The summed E-state index contributed by atoms with van der Waals surface area (Å²) in [5, 5.41) is 6.79. The van der Waals surface area contributed by atoms with Crippen molar-refractivity contribution in [3.05, 3.63) is 35.9 Å². The minimum atomic E-state index is -0.301. The molecule has 132 valence electrons. The molecule has 0 aromatic heterocycles. The minimum absolute atomic E-state index is 0.256. The summed E-state index contributed by atoms with van der Waals surface area (Å²) in [5.74, 6) is 0.773. The van der Waals surface area contributed by atoms with Gasteiger partial charge in [0.15, 0.2) is 0 Å². The number of nitrogens with one attached hydrogen (secondary N) is 2. The van der Waals surface area contributed by atoms with E-state index in [1.807, 2.05) is 30.3 Å². The Morgan fingerprint density at radius 1 is 1.08 bits per heavy atom. The highest BCUT2D eigenvalue weighted by Gasteiger charge is 2.33. The molecule has 1 aromatic carbocycles. The van der Waals surface area contributed by atoms with Crippen LogP contribution < -0.4 is 10.6 Å². The number of benzene rings is 1. The van der Waals surface area contributed by atoms with Crippen LogP contribution in [0.15, 0.2) is 30.3 Å². The summed E-state index contributed by atoms with van der Waals surface area (Å²) in [6.45, 7) is 2.71. The quantitative estimate of drug-likeness (QED) is 0.802. The third kappa shape index (κ3) is 4.97. The molecule has 2 fully saturated rings. The van der Waals surface area contributed by atoms with Crippen molar-refractivity contribution in [2.75, 3.05) is 0 Å². The second-order valence-electron chi connectivity index (χ2n) is 7.46. The molecule has 2 unspecified atom stereocenters. The second-order valence-corrected chi connectivity index (χ2v) is 7.46. The highest BCUT2D eigenvalue weighted by Crippen LogP contribution is 2.27. The summed E-state index contributed by atoms with van der Waals surface area (Å²) in [6, 6.07) is 11.3. The maximum absolute atomic E-state index is 11.9. The molecule has 1 amide bonds. The number of hydrogen-bond acceptors (Lipinski definition) is 3. The lowest BCUT2D eigenvalue weighted by atomic mass is 9.84. The zero-order valence-electron chi connectivity index (χ0n) is 14.7. The fraction of sp³-hybridized carbons (Fsp3) is 0.650. The van der Waals surface area contributed by atoms with Gasteiger partial charge in [0.05, 0.1) is 0 Å². The monoisotopic (exact) mass is 330 g/mol. The summed E-state index contributed by atoms with van der Waals surface area (Å²) < 4.78 is 5.28. The van der Waals surface area contributed by atoms with Gasteiger partial charge in [0.2, 0.25) is 0 Å². The number of hydrogen-bond donors (Lipinski definition) is 2. The summed E-state index contributed by atoms with van der Waals surface area (Å²) >= 11 is 0. The van der Waals surface area contributed by atoms with Crippen LogP contribution in [0.1, 0.15) is 57.4 Å². The molecule has 0 radical (unpaired) electrons. The Hall–Kier alpha value is -1.55. The van der Waals surface area contributed by atoms with E-state index in [0.717, 1.165) is 24.3 Å². The van der Waals surface area contributed by atoms with Crippen molar-refractivity contribution < 1.29 is 9.53 Å². The van der Waals surface area contributed by atoms with Crippen molar-refractivity contribution in [1.82, 2.24) is 10.6 Å². The smallest absolute Gasteiger partial charge is 0.407 e. The lowest BCUT2D eigenvalue weighted by Crippen LogP contribution is -2.55. The van der Waals surface area contributed by atoms with Crippen LogP contribution in [0.5, 0.6) is 0 Å². The van der Waals surface area contributed by atoms with Gasteiger partial charge in [-0.3, -0.25) is 0 Å². The lowest BCUT2D eigenvalue weighted by molar-refractivity contribution is 0.123. The Kier molecular flexibility index (Phi) is 6.13. The largest absolute Gasteiger partial charge is 0.445 e. The Labute approximate surface area is 145 Å². The molecular weight excluding hydrogens is 300 g/mol. The SMILES string of the molecule is CC1CCCCCC1NC1CC(NC(=O)OCc2ccccc2)C1. The molecule has 0 heterocycles. The fourth-order valence-electron chi connectivity index (χ4n) is 3.85. The van der Waals surface area contributed by atoms with Crippen molar-refractivity contribution in [2.45, 2.75) is 76.6 Å². The standard InChI is InChI=1S/C20H30N2O2/c1-15-8-4-2-7-11-19(15)21-17-12-18(13-17)22-20(23)24-14-16-9-5-3-6-10-16/h3,5-6,9-10,15,17-19,21H,2,4,7-8,11-14H2,1H3,(H,22,23). The first kappa shape index (κ1) is 17.3. The number of ether oxygens (including phenoxy) is 1. The van der Waals surface area contributed by atoms with Crippen LogP contribution in [0.3, 0.4) is 0 Å². The average Bonchev–Trinajstić information content (AvgIpc) is 2.76. The minimum Gasteiger partial charge on any atom is -0.445 e. The van der Waals surface area contributed by atoms with Crippen LogP contribution in [-0.2, 0) is 11.3 Å². The first-order valence-corrected chi connectivity index (χ1v) is 9.44. The van der Waals surface area contributed by atoms with E-state index in [1.54, 1.807) is 0 Å². The molecule has 2 aliphatic carbocycles. The van der Waals surface area contributed by atoms with E-state index in [4.69, 9.17) is 4.74 Å². The summed E-state index contributed by atoms with van der Waals surface area (Å²) in [6.07, 6.45) is 8.49. The molecule has 4 heteroatoms. The van der Waals surface area contributed by atoms with E-state index in [0.29, 0.717) is 18.7 Å². The highest BCUT2D eigenvalue weighted by molar-refractivity contribution is 5.67. The average molecular weight is 330 g/mol. The van der Waals surface area contributed by atoms with Crippen LogP contribution >= 0.6 is 0 Å². The molecule has 2 saturated carbocycles. The topological polar surface area (TPSA) is 50.4 Å². The second kappa shape index (κ2) is 8.52. The fourth-order valence-corrected chi connectivity index (χ4v) is 3.85. The first-order chi connectivity index (χ1) is 11.7. The van der Waals surface area contributed by atoms with Crippen LogP contribution in [0.2, 0.25) is 0 Å². The Balaban J connectivity index is 1.32. The maximum atomic E-state index is 11.9. The summed E-state index contributed by atoms with van der Waals surface area (Å²) in [4.78, 5) is 11.9. The molecule has 24 heavy (non-hydrogen) atoms. The third-order valence-corrected chi connectivity index (χ3v) is 5.48. The highest BCUT2D eigenvalue weighted by atomic mass is 16.5. The molecule has 4 nitrogen and oxygen atoms in total. The number of carbonyl (C=O) groups excluding carboxylic acids is 1. The lowest BCUT2D eigenvalue weighted by Gasteiger charge is -2.39. The van der Waals surface area contributed by atoms with Gasteiger partial charge in [-0.05, 0) is 37.2 Å². The zero-order valence-corrected chi connectivity index (χ0v) is 14.7. The van der Waals surface area contributed by atoms with Gasteiger partial charge in [-0.1, -0.05) is 56.5 Å². The first-order valence-electron chi connectivity index (χ1n) is 9.44. The van der Waals surface area contributed by atoms with E-state index in [9.17, 15) is 4.79 Å². The molecule has 0 aliphatic heterocycles. The van der Waals surface area contributed by atoms with Crippen molar-refractivity contribution in [1.29, 1.82) is 0 Å². The van der Waals surface area contributed by atoms with Crippen molar-refractivity contribution in [2.24, 2.45) is 5.92 Å². The van der Waals surface area contributed by atoms with E-state index in [1.165, 1.54) is 32.1 Å². The molecule has 0 bridgehead atoms. The molecule has 0 saturated heterocycles. The Morgan fingerprint density at radius 3 is 2.62 bits per heavy atom. The number of rotatable bonds is 5. The van der Waals surface area contributed by atoms with Crippen molar-refractivity contribution in [3.8, 4) is 0 Å². The van der Waals surface area contributed by atoms with Gasteiger partial charge in [0.25, 0.3) is 0 Å². The van der Waals surface area contributed by atoms with Crippen molar-refractivity contribution in [3.63, 3.8) is 0 Å². The molecule has 2 N–H and O–H groups in total. The molecule has 2 atom stereocenters. The third-order valence-electron chi connectivity index (χ3n) is 5.48. The molecule has 3 rings (SSSR count). The summed E-state index contributed by atoms with van der Waals surface area (Å²) in [5.41, 5.74) is 1.02. The summed E-state index contributed by atoms with van der Waals surface area (Å²) in [7, 11) is 0. The number of amides is 1. The van der Waals surface area contributed by atoms with Gasteiger partial charge in [0.1, 0.15) is 6.61 Å². The normalized spacial score (nSPS) is 30.0. The van der Waals surface area contributed by atoms with Gasteiger partial charge < -0.3 is 15.4 Å². The maximum Gasteiger partial charge on any atom is 0.407 e. The molecule has 0 spiro atoms.